The molecule has 2 atom stereocenters. The molecule has 0 saturated heterocycles. The van der Waals surface area contributed by atoms with Crippen LogP contribution in [-0.2, 0) is 14.9 Å². The van der Waals surface area contributed by atoms with Gasteiger partial charge in [-0.1, -0.05) is 27.5 Å². The number of aryl methyl sites for hydroxylation is 1. The lowest BCUT2D eigenvalue weighted by molar-refractivity contribution is -0.154. The third-order valence-corrected chi connectivity index (χ3v) is 5.60. The molecule has 1 aliphatic rings. The van der Waals surface area contributed by atoms with Crippen molar-refractivity contribution in [2.24, 2.45) is 11.8 Å². The Morgan fingerprint density at radius 2 is 2.18 bits per heavy atom. The second-order valence-corrected chi connectivity index (χ2v) is 8.18. The summed E-state index contributed by atoms with van der Waals surface area (Å²) < 4.78 is 16.7. The molecule has 2 aromatic rings. The first-order valence-electron chi connectivity index (χ1n) is 9.78. The lowest BCUT2D eigenvalue weighted by Gasteiger charge is -2.28. The minimum atomic E-state index is -0.0735. The number of carbonyl (C=O) groups excluding carboxylic acids is 1. The number of hydrogen-bond acceptors (Lipinski definition) is 6. The summed E-state index contributed by atoms with van der Waals surface area (Å²) in [5.74, 6) is 1.67. The molecule has 1 saturated carbocycles. The molecule has 2 aromatic heterocycles. The van der Waals surface area contributed by atoms with Crippen molar-refractivity contribution in [2.45, 2.75) is 57.9 Å². The highest BCUT2D eigenvalue weighted by molar-refractivity contribution is 9.08. The average molecular weight is 451 g/mol. The van der Waals surface area contributed by atoms with Gasteiger partial charge in [-0.3, -0.25) is 4.79 Å². The van der Waals surface area contributed by atoms with Crippen molar-refractivity contribution < 1.29 is 18.8 Å². The van der Waals surface area contributed by atoms with Crippen molar-refractivity contribution in [2.75, 3.05) is 6.61 Å². The van der Waals surface area contributed by atoms with Gasteiger partial charge in [0.15, 0.2) is 5.76 Å². The predicted octanol–water partition coefficient (Wildman–Crippen LogP) is 5.08. The molecule has 6 nitrogen and oxygen atoms in total. The van der Waals surface area contributed by atoms with Gasteiger partial charge in [0.1, 0.15) is 11.4 Å². The lowest BCUT2D eigenvalue weighted by atomic mass is 9.82. The molecule has 7 heteroatoms. The number of carbonyl (C=O) groups is 1. The van der Waals surface area contributed by atoms with E-state index in [1.54, 1.807) is 6.20 Å². The summed E-state index contributed by atoms with van der Waals surface area (Å²) in [6, 6.07) is 3.77. The average Bonchev–Trinajstić information content (AvgIpc) is 3.07. The number of aromatic nitrogens is 2. The smallest absolute Gasteiger partial charge is 0.309 e. The van der Waals surface area contributed by atoms with E-state index >= 15 is 0 Å². The number of alkyl halides is 1. The van der Waals surface area contributed by atoms with Gasteiger partial charge in [0.05, 0.1) is 30.5 Å². The van der Waals surface area contributed by atoms with Crippen LogP contribution in [0.1, 0.15) is 50.8 Å². The van der Waals surface area contributed by atoms with Crippen molar-refractivity contribution in [1.29, 1.82) is 0 Å². The molecule has 3 rings (SSSR count). The molecular weight excluding hydrogens is 424 g/mol. The zero-order valence-electron chi connectivity index (χ0n) is 16.6. The Balaban J connectivity index is 1.55. The van der Waals surface area contributed by atoms with Crippen LogP contribution in [0.15, 0.2) is 22.9 Å². The first kappa shape index (κ1) is 20.8. The van der Waals surface area contributed by atoms with Crippen LogP contribution >= 0.6 is 15.9 Å². The van der Waals surface area contributed by atoms with Gasteiger partial charge in [-0.25, -0.2) is 4.98 Å². The largest absolute Gasteiger partial charge is 0.492 e. The van der Waals surface area contributed by atoms with Crippen molar-refractivity contribution in [1.82, 2.24) is 10.1 Å². The number of pyridine rings is 1. The number of rotatable bonds is 7. The summed E-state index contributed by atoms with van der Waals surface area (Å²) >= 11 is 3.46. The van der Waals surface area contributed by atoms with Gasteiger partial charge in [-0.05, 0) is 58.1 Å². The normalized spacial score (nSPS) is 19.6. The van der Waals surface area contributed by atoms with Crippen LogP contribution in [0.4, 0.5) is 0 Å². The van der Waals surface area contributed by atoms with Gasteiger partial charge in [0, 0.05) is 10.9 Å². The van der Waals surface area contributed by atoms with E-state index in [9.17, 15) is 4.79 Å². The number of nitrogens with zero attached hydrogens (tertiary/aromatic N) is 2. The van der Waals surface area contributed by atoms with Gasteiger partial charge >= 0.3 is 5.97 Å². The maximum atomic E-state index is 12.2. The summed E-state index contributed by atoms with van der Waals surface area (Å²) in [6.45, 7) is 6.27. The van der Waals surface area contributed by atoms with E-state index in [1.807, 2.05) is 32.9 Å². The molecule has 0 radical (unpaired) electrons. The Hall–Kier alpha value is -1.89. The fraction of sp³-hybridized carbons (Fsp3) is 0.571. The molecule has 0 aromatic carbocycles. The molecule has 0 amide bonds. The van der Waals surface area contributed by atoms with Gasteiger partial charge in [-0.2, -0.15) is 0 Å². The molecular formula is C21H27BrN2O4. The Morgan fingerprint density at radius 1 is 1.36 bits per heavy atom. The van der Waals surface area contributed by atoms with Crippen LogP contribution in [0.3, 0.4) is 0 Å². The summed E-state index contributed by atoms with van der Waals surface area (Å²) in [5.41, 5.74) is 2.59. The first-order valence-corrected chi connectivity index (χ1v) is 10.9. The van der Waals surface area contributed by atoms with Crippen LogP contribution in [0.25, 0.3) is 11.5 Å². The maximum absolute atomic E-state index is 12.2. The molecule has 0 N–H and O–H groups in total. The Bertz CT molecular complexity index is 788. The zero-order chi connectivity index (χ0) is 20.1. The second-order valence-electron chi connectivity index (χ2n) is 7.61. The fourth-order valence-electron chi connectivity index (χ4n) is 3.55. The summed E-state index contributed by atoms with van der Waals surface area (Å²) in [5, 5.41) is 4.68. The highest BCUT2D eigenvalue weighted by Gasteiger charge is 2.29. The topological polar surface area (TPSA) is 74.5 Å². The van der Waals surface area contributed by atoms with Crippen LogP contribution in [-0.4, -0.2) is 28.8 Å². The summed E-state index contributed by atoms with van der Waals surface area (Å²) in [4.78, 5) is 16.6. The molecule has 0 bridgehead atoms. The maximum Gasteiger partial charge on any atom is 0.309 e. The summed E-state index contributed by atoms with van der Waals surface area (Å²) in [7, 11) is 0. The fourth-order valence-corrected chi connectivity index (χ4v) is 4.21. The van der Waals surface area contributed by atoms with Gasteiger partial charge < -0.3 is 14.0 Å². The molecule has 152 valence electrons. The van der Waals surface area contributed by atoms with E-state index in [2.05, 4.69) is 26.1 Å². The SMILES string of the molecule is Cc1noc(-c2ccc(OC[C@H]3CCC[C@H](C(=O)OC(C)C)C3)cn2)c1CBr. The molecule has 1 fully saturated rings. The number of hydrogen-bond donors (Lipinski definition) is 0. The lowest BCUT2D eigenvalue weighted by Crippen LogP contribution is -2.29. The highest BCUT2D eigenvalue weighted by Crippen LogP contribution is 2.31. The van der Waals surface area contributed by atoms with E-state index in [-0.39, 0.29) is 18.0 Å². The number of halogens is 1. The van der Waals surface area contributed by atoms with Crippen molar-refractivity contribution >= 4 is 21.9 Å². The van der Waals surface area contributed by atoms with E-state index in [0.717, 1.165) is 42.6 Å². The van der Waals surface area contributed by atoms with E-state index in [4.69, 9.17) is 14.0 Å². The molecule has 28 heavy (non-hydrogen) atoms. The third-order valence-electron chi connectivity index (χ3n) is 5.04. The van der Waals surface area contributed by atoms with Gasteiger partial charge in [-0.15, -0.1) is 0 Å². The van der Waals surface area contributed by atoms with Gasteiger partial charge in [0.25, 0.3) is 0 Å². The van der Waals surface area contributed by atoms with Crippen LogP contribution in [0.2, 0.25) is 0 Å². The minimum Gasteiger partial charge on any atom is -0.492 e. The molecule has 0 unspecified atom stereocenters. The molecule has 0 spiro atoms. The number of ether oxygens (including phenoxy) is 2. The Labute approximate surface area is 174 Å². The monoisotopic (exact) mass is 450 g/mol. The van der Waals surface area contributed by atoms with Crippen LogP contribution < -0.4 is 4.74 Å². The van der Waals surface area contributed by atoms with E-state index < -0.39 is 0 Å². The highest BCUT2D eigenvalue weighted by atomic mass is 79.9. The standard InChI is InChI=1S/C21H27BrN2O4/c1-13(2)27-21(25)16-6-4-5-15(9-16)12-26-17-7-8-19(23-11-17)20-18(10-22)14(3)24-28-20/h7-8,11,13,15-16H,4-6,9-10,12H2,1-3H3/t15-,16-/m0/s1. The van der Waals surface area contributed by atoms with E-state index in [0.29, 0.717) is 29.4 Å². The summed E-state index contributed by atoms with van der Waals surface area (Å²) in [6.07, 6.45) is 5.48. The van der Waals surface area contributed by atoms with E-state index in [1.165, 1.54) is 0 Å². The predicted molar refractivity (Wildman–Crippen MR) is 109 cm³/mol. The minimum absolute atomic E-state index is 0.0115. The zero-order valence-corrected chi connectivity index (χ0v) is 18.2. The van der Waals surface area contributed by atoms with Gasteiger partial charge in [0.2, 0.25) is 0 Å². The number of esters is 1. The van der Waals surface area contributed by atoms with Crippen LogP contribution in [0, 0.1) is 18.8 Å². The van der Waals surface area contributed by atoms with Crippen molar-refractivity contribution in [3.8, 4) is 17.2 Å². The molecule has 0 aliphatic heterocycles. The Kier molecular flexibility index (Phi) is 7.10. The molecule has 1 aliphatic carbocycles. The van der Waals surface area contributed by atoms with Crippen molar-refractivity contribution in [3.05, 3.63) is 29.6 Å². The molecule has 2 heterocycles. The first-order chi connectivity index (χ1) is 13.5. The van der Waals surface area contributed by atoms with Crippen molar-refractivity contribution in [3.63, 3.8) is 0 Å². The van der Waals surface area contributed by atoms with Crippen LogP contribution in [0.5, 0.6) is 5.75 Å². The third kappa shape index (κ3) is 5.13. The second kappa shape index (κ2) is 9.54. The quantitative estimate of drug-likeness (QED) is 0.432. The Morgan fingerprint density at radius 3 is 2.86 bits per heavy atom.